The van der Waals surface area contributed by atoms with Gasteiger partial charge in [0, 0.05) is 23.2 Å². The second-order valence-electron chi connectivity index (χ2n) is 5.53. The van der Waals surface area contributed by atoms with Gasteiger partial charge in [0.15, 0.2) is 0 Å². The van der Waals surface area contributed by atoms with Crippen molar-refractivity contribution in [3.05, 3.63) is 17.1 Å². The standard InChI is InChI=1S/C13H18N4O/c1-8-9-6-10(18)16-11(9)17-12(15-8)13(2)4-3-5-14-7-13/h14H,3-7H2,1-2H3,(H,15,16,17,18). The third kappa shape index (κ3) is 1.79. The van der Waals surface area contributed by atoms with Crippen molar-refractivity contribution in [3.63, 3.8) is 0 Å². The van der Waals surface area contributed by atoms with Crippen LogP contribution in [0, 0.1) is 6.92 Å². The molecule has 3 rings (SSSR count). The van der Waals surface area contributed by atoms with Crippen molar-refractivity contribution in [2.24, 2.45) is 0 Å². The second-order valence-corrected chi connectivity index (χ2v) is 5.53. The lowest BCUT2D eigenvalue weighted by atomic mass is 9.82. The van der Waals surface area contributed by atoms with Gasteiger partial charge in [-0.05, 0) is 26.3 Å². The van der Waals surface area contributed by atoms with Gasteiger partial charge in [-0.3, -0.25) is 4.79 Å². The summed E-state index contributed by atoms with van der Waals surface area (Å²) in [4.78, 5) is 20.6. The first kappa shape index (κ1) is 11.6. The van der Waals surface area contributed by atoms with Crippen molar-refractivity contribution in [1.29, 1.82) is 0 Å². The van der Waals surface area contributed by atoms with Crippen LogP contribution in [0.2, 0.25) is 0 Å². The topological polar surface area (TPSA) is 66.9 Å². The van der Waals surface area contributed by atoms with Gasteiger partial charge in [-0.15, -0.1) is 0 Å². The molecule has 1 saturated heterocycles. The van der Waals surface area contributed by atoms with Gasteiger partial charge in [-0.1, -0.05) is 6.92 Å². The molecule has 5 heteroatoms. The molecule has 2 aliphatic rings. The molecule has 18 heavy (non-hydrogen) atoms. The molecule has 1 unspecified atom stereocenters. The molecule has 1 aromatic heterocycles. The molecule has 5 nitrogen and oxygen atoms in total. The zero-order chi connectivity index (χ0) is 12.8. The van der Waals surface area contributed by atoms with Crippen LogP contribution in [0.15, 0.2) is 0 Å². The summed E-state index contributed by atoms with van der Waals surface area (Å²) in [5.41, 5.74) is 1.86. The van der Waals surface area contributed by atoms with E-state index >= 15 is 0 Å². The third-order valence-corrected chi connectivity index (χ3v) is 3.95. The van der Waals surface area contributed by atoms with Gasteiger partial charge in [0.25, 0.3) is 0 Å². The van der Waals surface area contributed by atoms with Crippen LogP contribution in [-0.2, 0) is 16.6 Å². The molecule has 96 valence electrons. The number of hydrogen-bond acceptors (Lipinski definition) is 4. The van der Waals surface area contributed by atoms with Crippen LogP contribution in [-0.4, -0.2) is 29.0 Å². The van der Waals surface area contributed by atoms with Crippen molar-refractivity contribution < 1.29 is 4.79 Å². The lowest BCUT2D eigenvalue weighted by Crippen LogP contribution is -2.42. The van der Waals surface area contributed by atoms with Crippen LogP contribution < -0.4 is 10.6 Å². The fourth-order valence-corrected chi connectivity index (χ4v) is 2.76. The highest BCUT2D eigenvalue weighted by Crippen LogP contribution is 2.31. The number of carbonyl (C=O) groups is 1. The van der Waals surface area contributed by atoms with Gasteiger partial charge in [0.2, 0.25) is 5.91 Å². The summed E-state index contributed by atoms with van der Waals surface area (Å²) in [6.45, 7) is 6.12. The molecule has 0 aromatic carbocycles. The molecule has 1 aromatic rings. The molecule has 0 bridgehead atoms. The summed E-state index contributed by atoms with van der Waals surface area (Å²) >= 11 is 0. The first-order valence-electron chi connectivity index (χ1n) is 6.47. The minimum atomic E-state index is -0.0225. The molecular formula is C13H18N4O. The van der Waals surface area contributed by atoms with Crippen molar-refractivity contribution >= 4 is 11.7 Å². The molecule has 1 amide bonds. The summed E-state index contributed by atoms with van der Waals surface area (Å²) in [6.07, 6.45) is 2.64. The number of aryl methyl sites for hydroxylation is 1. The molecule has 0 radical (unpaired) electrons. The van der Waals surface area contributed by atoms with Crippen LogP contribution in [0.5, 0.6) is 0 Å². The lowest BCUT2D eigenvalue weighted by molar-refractivity contribution is -0.115. The van der Waals surface area contributed by atoms with Gasteiger partial charge in [0.05, 0.1) is 6.42 Å². The quantitative estimate of drug-likeness (QED) is 0.773. The number of piperidine rings is 1. The minimum absolute atomic E-state index is 0.0199. The molecular weight excluding hydrogens is 228 g/mol. The maximum atomic E-state index is 11.4. The van der Waals surface area contributed by atoms with Gasteiger partial charge in [0.1, 0.15) is 11.6 Å². The molecule has 3 heterocycles. The zero-order valence-corrected chi connectivity index (χ0v) is 10.8. The van der Waals surface area contributed by atoms with Crippen LogP contribution in [0.3, 0.4) is 0 Å². The Morgan fingerprint density at radius 1 is 1.33 bits per heavy atom. The Hall–Kier alpha value is -1.49. The molecule has 0 saturated carbocycles. The first-order chi connectivity index (χ1) is 8.58. The number of carbonyl (C=O) groups excluding carboxylic acids is 1. The Morgan fingerprint density at radius 3 is 2.89 bits per heavy atom. The molecule has 0 aliphatic carbocycles. The van der Waals surface area contributed by atoms with E-state index in [1.807, 2.05) is 6.92 Å². The Labute approximate surface area is 106 Å². The van der Waals surface area contributed by atoms with Gasteiger partial charge < -0.3 is 10.6 Å². The summed E-state index contributed by atoms with van der Waals surface area (Å²) in [6, 6.07) is 0. The third-order valence-electron chi connectivity index (χ3n) is 3.95. The van der Waals surface area contributed by atoms with Gasteiger partial charge >= 0.3 is 0 Å². The van der Waals surface area contributed by atoms with E-state index in [0.717, 1.165) is 43.0 Å². The fraction of sp³-hybridized carbons (Fsp3) is 0.615. The van der Waals surface area contributed by atoms with E-state index in [1.165, 1.54) is 0 Å². The summed E-state index contributed by atoms with van der Waals surface area (Å²) in [5, 5.41) is 6.23. The van der Waals surface area contributed by atoms with E-state index in [1.54, 1.807) is 0 Å². The molecule has 2 aliphatic heterocycles. The van der Waals surface area contributed by atoms with Crippen molar-refractivity contribution in [3.8, 4) is 0 Å². The number of nitrogens with one attached hydrogen (secondary N) is 2. The SMILES string of the molecule is Cc1nc(C2(C)CCCNC2)nc2c1CC(=O)N2. The average molecular weight is 246 g/mol. The maximum Gasteiger partial charge on any atom is 0.230 e. The maximum absolute atomic E-state index is 11.4. The van der Waals surface area contributed by atoms with Crippen LogP contribution in [0.25, 0.3) is 0 Å². The van der Waals surface area contributed by atoms with Gasteiger partial charge in [-0.25, -0.2) is 9.97 Å². The van der Waals surface area contributed by atoms with Crippen LogP contribution in [0.1, 0.15) is 36.8 Å². The highest BCUT2D eigenvalue weighted by atomic mass is 16.1. The molecule has 1 atom stereocenters. The number of rotatable bonds is 1. The Kier molecular flexibility index (Phi) is 2.59. The number of hydrogen-bond donors (Lipinski definition) is 2. The lowest BCUT2D eigenvalue weighted by Gasteiger charge is -2.33. The fourth-order valence-electron chi connectivity index (χ4n) is 2.76. The normalized spacial score (nSPS) is 26.9. The molecule has 1 fully saturated rings. The first-order valence-corrected chi connectivity index (χ1v) is 6.47. The predicted molar refractivity (Wildman–Crippen MR) is 68.6 cm³/mol. The zero-order valence-electron chi connectivity index (χ0n) is 10.8. The minimum Gasteiger partial charge on any atom is -0.316 e. The highest BCUT2D eigenvalue weighted by molar-refractivity contribution is 5.98. The van der Waals surface area contributed by atoms with Crippen molar-refractivity contribution in [1.82, 2.24) is 15.3 Å². The van der Waals surface area contributed by atoms with Crippen LogP contribution >= 0.6 is 0 Å². The Morgan fingerprint density at radius 2 is 2.17 bits per heavy atom. The highest BCUT2D eigenvalue weighted by Gasteiger charge is 2.34. The number of amides is 1. The molecule has 0 spiro atoms. The smallest absolute Gasteiger partial charge is 0.230 e. The van der Waals surface area contributed by atoms with E-state index in [2.05, 4.69) is 27.5 Å². The second kappa shape index (κ2) is 4.02. The summed E-state index contributed by atoms with van der Waals surface area (Å²) in [5.74, 6) is 1.59. The largest absolute Gasteiger partial charge is 0.316 e. The van der Waals surface area contributed by atoms with Crippen molar-refractivity contribution in [2.45, 2.75) is 38.5 Å². The number of aromatic nitrogens is 2. The summed E-state index contributed by atoms with van der Waals surface area (Å²) in [7, 11) is 0. The molecule has 2 N–H and O–H groups in total. The number of nitrogens with zero attached hydrogens (tertiary/aromatic N) is 2. The van der Waals surface area contributed by atoms with Gasteiger partial charge in [-0.2, -0.15) is 0 Å². The van der Waals surface area contributed by atoms with E-state index in [9.17, 15) is 4.79 Å². The van der Waals surface area contributed by atoms with E-state index in [4.69, 9.17) is 0 Å². The number of fused-ring (bicyclic) bond motifs is 1. The Bertz CT molecular complexity index is 506. The Balaban J connectivity index is 2.01. The summed E-state index contributed by atoms with van der Waals surface area (Å²) < 4.78 is 0. The van der Waals surface area contributed by atoms with Crippen LogP contribution in [0.4, 0.5) is 5.82 Å². The van der Waals surface area contributed by atoms with E-state index in [0.29, 0.717) is 12.2 Å². The monoisotopic (exact) mass is 246 g/mol. The van der Waals surface area contributed by atoms with Crippen molar-refractivity contribution in [2.75, 3.05) is 18.4 Å². The predicted octanol–water partition coefficient (Wildman–Crippen LogP) is 0.921. The van der Waals surface area contributed by atoms with E-state index in [-0.39, 0.29) is 11.3 Å². The van der Waals surface area contributed by atoms with E-state index < -0.39 is 0 Å². The average Bonchev–Trinajstić information content (AvgIpc) is 2.71. The number of anilines is 1.